The van der Waals surface area contributed by atoms with Crippen molar-refractivity contribution in [3.8, 4) is 0 Å². The molecule has 0 aliphatic carbocycles. The molecule has 1 atom stereocenters. The normalized spacial score (nSPS) is 11.4. The van der Waals surface area contributed by atoms with Gasteiger partial charge in [0.2, 0.25) is 0 Å². The van der Waals surface area contributed by atoms with Crippen LogP contribution in [0, 0.1) is 11.7 Å². The Kier molecular flexibility index (Phi) is 6.69. The molecule has 1 rings (SSSR count). The number of ether oxygens (including phenoxy) is 1. The van der Waals surface area contributed by atoms with Gasteiger partial charge in [-0.2, -0.15) is 0 Å². The summed E-state index contributed by atoms with van der Waals surface area (Å²) in [5.74, 6) is -0.983. The number of hydrogen-bond donors (Lipinski definition) is 1. The van der Waals surface area contributed by atoms with Gasteiger partial charge in [0.25, 0.3) is 0 Å². The summed E-state index contributed by atoms with van der Waals surface area (Å²) >= 11 is 0. The van der Waals surface area contributed by atoms with E-state index in [1.807, 2.05) is 0 Å². The number of methoxy groups -OCH3 is 1. The van der Waals surface area contributed by atoms with Gasteiger partial charge in [-0.3, -0.25) is 4.79 Å². The minimum absolute atomic E-state index is 0. The van der Waals surface area contributed by atoms with Crippen LogP contribution in [0.3, 0.4) is 0 Å². The summed E-state index contributed by atoms with van der Waals surface area (Å²) in [5.41, 5.74) is 6.32. The third kappa shape index (κ3) is 4.16. The van der Waals surface area contributed by atoms with Crippen LogP contribution < -0.4 is 5.73 Å². The lowest BCUT2D eigenvalue weighted by atomic mass is 10.00. The summed E-state index contributed by atoms with van der Waals surface area (Å²) in [6.45, 7) is 0.226. The Balaban J connectivity index is 0.00000225. The van der Waals surface area contributed by atoms with Crippen molar-refractivity contribution in [2.45, 2.75) is 6.42 Å². The van der Waals surface area contributed by atoms with E-state index < -0.39 is 0 Å². The van der Waals surface area contributed by atoms with Crippen molar-refractivity contribution in [2.75, 3.05) is 13.7 Å². The zero-order valence-corrected chi connectivity index (χ0v) is 9.80. The maximum absolute atomic E-state index is 12.6. The highest BCUT2D eigenvalue weighted by molar-refractivity contribution is 5.85. The lowest BCUT2D eigenvalue weighted by molar-refractivity contribution is -0.145. The molecule has 0 spiro atoms. The van der Waals surface area contributed by atoms with Crippen LogP contribution in [0.2, 0.25) is 0 Å². The van der Waals surface area contributed by atoms with Gasteiger partial charge in [-0.15, -0.1) is 12.4 Å². The van der Waals surface area contributed by atoms with E-state index in [9.17, 15) is 9.18 Å². The standard InChI is InChI=1S/C11H14FNO2.ClH/c1-15-11(14)9(7-13)6-8-2-4-10(12)5-3-8;/h2-5,9H,6-7,13H2,1H3;1H/t9-;/m1./s1. The molecule has 16 heavy (non-hydrogen) atoms. The second-order valence-corrected chi connectivity index (χ2v) is 3.29. The number of nitrogens with two attached hydrogens (primary N) is 1. The molecule has 0 heterocycles. The van der Waals surface area contributed by atoms with E-state index in [0.29, 0.717) is 6.42 Å². The molecular formula is C11H15ClFNO2. The average molecular weight is 248 g/mol. The van der Waals surface area contributed by atoms with Crippen LogP contribution in [0.4, 0.5) is 4.39 Å². The topological polar surface area (TPSA) is 52.3 Å². The van der Waals surface area contributed by atoms with Gasteiger partial charge in [-0.1, -0.05) is 12.1 Å². The van der Waals surface area contributed by atoms with Crippen LogP contribution >= 0.6 is 12.4 Å². The lowest BCUT2D eigenvalue weighted by Crippen LogP contribution is -2.26. The van der Waals surface area contributed by atoms with Crippen LogP contribution in [0.1, 0.15) is 5.56 Å². The third-order valence-electron chi connectivity index (χ3n) is 2.21. The molecule has 3 nitrogen and oxygen atoms in total. The Hall–Kier alpha value is -1.13. The number of hydrogen-bond acceptors (Lipinski definition) is 3. The van der Waals surface area contributed by atoms with Crippen molar-refractivity contribution in [3.63, 3.8) is 0 Å². The summed E-state index contributed by atoms with van der Waals surface area (Å²) in [4.78, 5) is 11.2. The monoisotopic (exact) mass is 247 g/mol. The van der Waals surface area contributed by atoms with E-state index in [1.165, 1.54) is 19.2 Å². The highest BCUT2D eigenvalue weighted by Gasteiger charge is 2.17. The fraction of sp³-hybridized carbons (Fsp3) is 0.364. The zero-order chi connectivity index (χ0) is 11.3. The minimum Gasteiger partial charge on any atom is -0.469 e. The van der Waals surface area contributed by atoms with Crippen LogP contribution in [0.25, 0.3) is 0 Å². The molecule has 0 bridgehead atoms. The average Bonchev–Trinajstić information content (AvgIpc) is 2.27. The third-order valence-corrected chi connectivity index (χ3v) is 2.21. The molecule has 0 aliphatic rings. The second-order valence-electron chi connectivity index (χ2n) is 3.29. The van der Waals surface area contributed by atoms with E-state index in [1.54, 1.807) is 12.1 Å². The number of halogens is 2. The maximum atomic E-state index is 12.6. The molecule has 1 aromatic carbocycles. The van der Waals surface area contributed by atoms with Gasteiger partial charge in [-0.05, 0) is 24.1 Å². The molecule has 5 heteroatoms. The number of esters is 1. The molecule has 0 aliphatic heterocycles. The summed E-state index contributed by atoms with van der Waals surface area (Å²) in [5, 5.41) is 0. The highest BCUT2D eigenvalue weighted by Crippen LogP contribution is 2.10. The van der Waals surface area contributed by atoms with Crippen LogP contribution in [-0.4, -0.2) is 19.6 Å². The predicted octanol–water partition coefficient (Wildman–Crippen LogP) is 1.54. The summed E-state index contributed by atoms with van der Waals surface area (Å²) in [6, 6.07) is 6.00. The van der Waals surface area contributed by atoms with Crippen LogP contribution in [0.15, 0.2) is 24.3 Å². The van der Waals surface area contributed by atoms with Gasteiger partial charge >= 0.3 is 5.97 Å². The van der Waals surface area contributed by atoms with E-state index in [2.05, 4.69) is 4.74 Å². The smallest absolute Gasteiger partial charge is 0.310 e. The first-order valence-electron chi connectivity index (χ1n) is 4.69. The quantitative estimate of drug-likeness (QED) is 0.822. The Morgan fingerprint density at radius 1 is 1.44 bits per heavy atom. The Bertz CT molecular complexity index is 329. The van der Waals surface area contributed by atoms with E-state index in [0.717, 1.165) is 5.56 Å². The molecule has 2 N–H and O–H groups in total. The minimum atomic E-state index is -0.361. The zero-order valence-electron chi connectivity index (χ0n) is 8.98. The van der Waals surface area contributed by atoms with Crippen molar-refractivity contribution in [1.29, 1.82) is 0 Å². The Morgan fingerprint density at radius 2 is 2.00 bits per heavy atom. The molecule has 0 saturated carbocycles. The molecule has 1 aromatic rings. The van der Waals surface area contributed by atoms with Crippen molar-refractivity contribution >= 4 is 18.4 Å². The Morgan fingerprint density at radius 3 is 2.44 bits per heavy atom. The second kappa shape index (κ2) is 7.19. The molecule has 0 aromatic heterocycles. The molecule has 0 radical (unpaired) electrons. The number of carbonyl (C=O) groups is 1. The van der Waals surface area contributed by atoms with Crippen molar-refractivity contribution < 1.29 is 13.9 Å². The molecule has 0 unspecified atom stereocenters. The summed E-state index contributed by atoms with van der Waals surface area (Å²) < 4.78 is 17.2. The molecule has 0 saturated heterocycles. The maximum Gasteiger partial charge on any atom is 0.310 e. The van der Waals surface area contributed by atoms with Crippen LogP contribution in [0.5, 0.6) is 0 Å². The molecule has 0 fully saturated rings. The van der Waals surface area contributed by atoms with Gasteiger partial charge in [-0.25, -0.2) is 4.39 Å². The summed E-state index contributed by atoms with van der Waals surface area (Å²) in [7, 11) is 1.33. The van der Waals surface area contributed by atoms with Gasteiger partial charge in [0.15, 0.2) is 0 Å². The largest absolute Gasteiger partial charge is 0.469 e. The number of carbonyl (C=O) groups excluding carboxylic acids is 1. The number of benzene rings is 1. The van der Waals surface area contributed by atoms with E-state index in [4.69, 9.17) is 5.73 Å². The SMILES string of the molecule is COC(=O)[C@@H](CN)Cc1ccc(F)cc1.Cl. The van der Waals surface area contributed by atoms with Gasteiger partial charge in [0.05, 0.1) is 13.0 Å². The van der Waals surface area contributed by atoms with Gasteiger partial charge in [0.1, 0.15) is 5.82 Å². The van der Waals surface area contributed by atoms with Crippen molar-refractivity contribution in [3.05, 3.63) is 35.6 Å². The van der Waals surface area contributed by atoms with Crippen LogP contribution in [-0.2, 0) is 16.0 Å². The van der Waals surface area contributed by atoms with E-state index in [-0.39, 0.29) is 36.7 Å². The van der Waals surface area contributed by atoms with Crippen molar-refractivity contribution in [1.82, 2.24) is 0 Å². The first kappa shape index (κ1) is 14.9. The highest BCUT2D eigenvalue weighted by atomic mass is 35.5. The number of rotatable bonds is 4. The predicted molar refractivity (Wildman–Crippen MR) is 61.9 cm³/mol. The Labute approximate surface area is 100 Å². The van der Waals surface area contributed by atoms with Gasteiger partial charge < -0.3 is 10.5 Å². The fourth-order valence-corrected chi connectivity index (χ4v) is 1.33. The van der Waals surface area contributed by atoms with E-state index >= 15 is 0 Å². The fourth-order valence-electron chi connectivity index (χ4n) is 1.33. The first-order valence-corrected chi connectivity index (χ1v) is 4.69. The lowest BCUT2D eigenvalue weighted by Gasteiger charge is -2.11. The van der Waals surface area contributed by atoms with Crippen molar-refractivity contribution in [2.24, 2.45) is 11.7 Å². The molecular weight excluding hydrogens is 233 g/mol. The molecule has 90 valence electrons. The summed E-state index contributed by atoms with van der Waals surface area (Å²) in [6.07, 6.45) is 0.476. The molecule has 0 amide bonds. The van der Waals surface area contributed by atoms with Gasteiger partial charge in [0, 0.05) is 6.54 Å². The first-order chi connectivity index (χ1) is 7.17.